The molecule has 2 aromatic heterocycles. The van der Waals surface area contributed by atoms with Crippen LogP contribution in [0.25, 0.3) is 16.0 Å². The van der Waals surface area contributed by atoms with Crippen molar-refractivity contribution in [2.75, 3.05) is 31.1 Å². The van der Waals surface area contributed by atoms with E-state index in [1.54, 1.807) is 11.3 Å². The number of amides is 1. The van der Waals surface area contributed by atoms with Crippen LogP contribution in [0.1, 0.15) is 5.69 Å². The van der Waals surface area contributed by atoms with E-state index in [0.29, 0.717) is 6.42 Å². The first kappa shape index (κ1) is 17.5. The fourth-order valence-electron chi connectivity index (χ4n) is 3.79. The van der Waals surface area contributed by atoms with Gasteiger partial charge in [-0.2, -0.15) is 0 Å². The molecular formula is C21H19ClN4OS. The van der Waals surface area contributed by atoms with Gasteiger partial charge in [-0.25, -0.2) is 4.98 Å². The summed E-state index contributed by atoms with van der Waals surface area (Å²) in [6.45, 7) is 3.14. The molecule has 1 aliphatic rings. The van der Waals surface area contributed by atoms with Gasteiger partial charge in [0, 0.05) is 48.0 Å². The minimum Gasteiger partial charge on any atom is -0.368 e. The van der Waals surface area contributed by atoms with E-state index in [4.69, 9.17) is 11.6 Å². The van der Waals surface area contributed by atoms with Gasteiger partial charge in [-0.15, -0.1) is 11.3 Å². The van der Waals surface area contributed by atoms with Gasteiger partial charge in [0.1, 0.15) is 0 Å². The quantitative estimate of drug-likeness (QED) is 0.510. The Morgan fingerprint density at radius 3 is 2.57 bits per heavy atom. The van der Waals surface area contributed by atoms with Crippen molar-refractivity contribution in [3.8, 4) is 0 Å². The van der Waals surface area contributed by atoms with Crippen LogP contribution in [0.2, 0.25) is 5.02 Å². The van der Waals surface area contributed by atoms with Gasteiger partial charge in [0.2, 0.25) is 5.91 Å². The van der Waals surface area contributed by atoms with Gasteiger partial charge in [0.15, 0.2) is 4.96 Å². The maximum Gasteiger partial charge on any atom is 0.228 e. The standard InChI is InChI=1S/C21H19ClN4OS/c22-15-5-7-16(8-6-15)24-9-11-25(12-10-24)20(27)13-17-14-28-21-23-18-3-1-2-4-19(18)26(17)21/h1-8,14H,9-13H2. The molecule has 4 aromatic rings. The molecule has 0 spiro atoms. The van der Waals surface area contributed by atoms with Gasteiger partial charge in [0.05, 0.1) is 17.5 Å². The molecule has 0 bridgehead atoms. The third-order valence-corrected chi connectivity index (χ3v) is 6.40. The number of rotatable bonds is 3. The predicted octanol–water partition coefficient (Wildman–Crippen LogP) is 4.09. The molecule has 1 amide bonds. The summed E-state index contributed by atoms with van der Waals surface area (Å²) in [5.74, 6) is 0.174. The Morgan fingerprint density at radius 2 is 1.79 bits per heavy atom. The fraction of sp³-hybridized carbons (Fsp3) is 0.238. The Morgan fingerprint density at radius 1 is 1.04 bits per heavy atom. The van der Waals surface area contributed by atoms with Gasteiger partial charge in [0.25, 0.3) is 0 Å². The first-order valence-electron chi connectivity index (χ1n) is 9.31. The number of carbonyl (C=O) groups excluding carboxylic acids is 1. The highest BCUT2D eigenvalue weighted by atomic mass is 35.5. The molecule has 0 saturated carbocycles. The maximum atomic E-state index is 12.9. The zero-order valence-electron chi connectivity index (χ0n) is 15.2. The Bertz CT molecular complexity index is 1140. The van der Waals surface area contributed by atoms with Crippen molar-refractivity contribution in [2.24, 2.45) is 0 Å². The van der Waals surface area contributed by atoms with Gasteiger partial charge in [-0.3, -0.25) is 9.20 Å². The summed E-state index contributed by atoms with van der Waals surface area (Å²) in [5, 5.41) is 2.79. The lowest BCUT2D eigenvalue weighted by atomic mass is 10.2. The highest BCUT2D eigenvalue weighted by molar-refractivity contribution is 7.15. The summed E-state index contributed by atoms with van der Waals surface area (Å²) in [5.41, 5.74) is 4.20. The number of nitrogens with zero attached hydrogens (tertiary/aromatic N) is 4. The molecule has 5 nitrogen and oxygen atoms in total. The summed E-state index contributed by atoms with van der Waals surface area (Å²) in [6.07, 6.45) is 0.404. The van der Waals surface area contributed by atoms with Crippen LogP contribution in [0.4, 0.5) is 5.69 Å². The highest BCUT2D eigenvalue weighted by Gasteiger charge is 2.23. The third kappa shape index (κ3) is 3.12. The normalized spacial score (nSPS) is 14.9. The molecular weight excluding hydrogens is 392 g/mol. The molecule has 1 saturated heterocycles. The molecule has 1 fully saturated rings. The van der Waals surface area contributed by atoms with Gasteiger partial charge in [-0.1, -0.05) is 23.7 Å². The number of halogens is 1. The van der Waals surface area contributed by atoms with Crippen molar-refractivity contribution >= 4 is 50.5 Å². The number of hydrogen-bond acceptors (Lipinski definition) is 4. The van der Waals surface area contributed by atoms with Crippen molar-refractivity contribution in [1.82, 2.24) is 14.3 Å². The van der Waals surface area contributed by atoms with Crippen LogP contribution < -0.4 is 4.90 Å². The van der Waals surface area contributed by atoms with E-state index in [1.807, 2.05) is 47.4 Å². The molecule has 0 radical (unpaired) electrons. The number of aromatic nitrogens is 2. The van der Waals surface area contributed by atoms with Gasteiger partial charge < -0.3 is 9.80 Å². The van der Waals surface area contributed by atoms with Crippen LogP contribution in [0.15, 0.2) is 53.9 Å². The second-order valence-corrected chi connectivity index (χ2v) is 8.24. The van der Waals surface area contributed by atoms with Gasteiger partial charge >= 0.3 is 0 Å². The Labute approximate surface area is 171 Å². The van der Waals surface area contributed by atoms with Crippen LogP contribution in [-0.2, 0) is 11.2 Å². The number of piperazine rings is 1. The van der Waals surface area contributed by atoms with Crippen molar-refractivity contribution < 1.29 is 4.79 Å². The molecule has 0 atom stereocenters. The van der Waals surface area contributed by atoms with Gasteiger partial charge in [-0.05, 0) is 36.4 Å². The first-order chi connectivity index (χ1) is 13.7. The molecule has 5 rings (SSSR count). The monoisotopic (exact) mass is 410 g/mol. The lowest BCUT2D eigenvalue weighted by Gasteiger charge is -2.36. The lowest BCUT2D eigenvalue weighted by Crippen LogP contribution is -2.49. The minimum atomic E-state index is 0.174. The number of anilines is 1. The SMILES string of the molecule is O=C(Cc1csc2nc3ccccc3n12)N1CCN(c2ccc(Cl)cc2)CC1. The molecule has 0 unspecified atom stereocenters. The van der Waals surface area contributed by atoms with Crippen LogP contribution in [0, 0.1) is 0 Å². The summed E-state index contributed by atoms with van der Waals surface area (Å²) in [4.78, 5) is 22.8. The summed E-state index contributed by atoms with van der Waals surface area (Å²) < 4.78 is 2.11. The number of imidazole rings is 1. The Hall–Kier alpha value is -2.57. The number of thiazole rings is 1. The Balaban J connectivity index is 1.29. The van der Waals surface area contributed by atoms with Crippen LogP contribution >= 0.6 is 22.9 Å². The average molecular weight is 411 g/mol. The topological polar surface area (TPSA) is 40.9 Å². The fourth-order valence-corrected chi connectivity index (χ4v) is 4.82. The van der Waals surface area contributed by atoms with Crippen molar-refractivity contribution in [1.29, 1.82) is 0 Å². The molecule has 1 aliphatic heterocycles. The molecule has 2 aromatic carbocycles. The van der Waals surface area contributed by atoms with Crippen molar-refractivity contribution in [2.45, 2.75) is 6.42 Å². The number of benzene rings is 2. The minimum absolute atomic E-state index is 0.174. The largest absolute Gasteiger partial charge is 0.368 e. The van der Waals surface area contributed by atoms with E-state index in [1.165, 1.54) is 0 Å². The zero-order valence-corrected chi connectivity index (χ0v) is 16.8. The van der Waals surface area contributed by atoms with E-state index >= 15 is 0 Å². The number of hydrogen-bond donors (Lipinski definition) is 0. The van der Waals surface area contributed by atoms with Crippen LogP contribution in [0.3, 0.4) is 0 Å². The smallest absolute Gasteiger partial charge is 0.228 e. The first-order valence-corrected chi connectivity index (χ1v) is 10.6. The highest BCUT2D eigenvalue weighted by Crippen LogP contribution is 2.24. The predicted molar refractivity (Wildman–Crippen MR) is 115 cm³/mol. The second-order valence-electron chi connectivity index (χ2n) is 6.97. The Kier molecular flexibility index (Phi) is 4.45. The van der Waals surface area contributed by atoms with Crippen LogP contribution in [-0.4, -0.2) is 46.4 Å². The van der Waals surface area contributed by atoms with Crippen molar-refractivity contribution in [3.63, 3.8) is 0 Å². The van der Waals surface area contributed by atoms with Crippen molar-refractivity contribution in [3.05, 3.63) is 64.6 Å². The lowest BCUT2D eigenvalue weighted by molar-refractivity contribution is -0.130. The molecule has 7 heteroatoms. The zero-order chi connectivity index (χ0) is 19.1. The van der Waals surface area contributed by atoms with Crippen LogP contribution in [0.5, 0.6) is 0 Å². The summed E-state index contributed by atoms with van der Waals surface area (Å²) in [7, 11) is 0. The van der Waals surface area contributed by atoms with E-state index < -0.39 is 0 Å². The average Bonchev–Trinajstić information content (AvgIpc) is 3.28. The summed E-state index contributed by atoms with van der Waals surface area (Å²) >= 11 is 7.56. The number of carbonyl (C=O) groups is 1. The summed E-state index contributed by atoms with van der Waals surface area (Å²) in [6, 6.07) is 16.0. The third-order valence-electron chi connectivity index (χ3n) is 5.27. The maximum absolute atomic E-state index is 12.9. The number of fused-ring (bicyclic) bond motifs is 3. The molecule has 3 heterocycles. The van der Waals surface area contributed by atoms with E-state index in [9.17, 15) is 4.79 Å². The molecule has 142 valence electrons. The van der Waals surface area contributed by atoms with E-state index in [-0.39, 0.29) is 5.91 Å². The molecule has 28 heavy (non-hydrogen) atoms. The molecule has 0 aliphatic carbocycles. The molecule has 0 N–H and O–H groups in total. The number of para-hydroxylation sites is 2. The van der Waals surface area contributed by atoms with E-state index in [2.05, 4.69) is 25.7 Å². The van der Waals surface area contributed by atoms with E-state index in [0.717, 1.165) is 58.6 Å². The second kappa shape index (κ2) is 7.11.